The van der Waals surface area contributed by atoms with Crippen LogP contribution in [0.25, 0.3) is 0 Å². The van der Waals surface area contributed by atoms with E-state index in [9.17, 15) is 4.79 Å². The van der Waals surface area contributed by atoms with E-state index in [-0.39, 0.29) is 36.8 Å². The van der Waals surface area contributed by atoms with Crippen molar-refractivity contribution in [2.24, 2.45) is 5.73 Å². The Morgan fingerprint density at radius 3 is 2.71 bits per heavy atom. The second-order valence-electron chi connectivity index (χ2n) is 6.50. The average Bonchev–Trinajstić information content (AvgIpc) is 3.02. The van der Waals surface area contributed by atoms with Gasteiger partial charge in [0, 0.05) is 25.3 Å². The molecule has 1 saturated heterocycles. The maximum Gasteiger partial charge on any atom is 0.240 e. The van der Waals surface area contributed by atoms with Gasteiger partial charge >= 0.3 is 0 Å². The van der Waals surface area contributed by atoms with Crippen LogP contribution in [-0.4, -0.2) is 40.8 Å². The summed E-state index contributed by atoms with van der Waals surface area (Å²) in [6, 6.07) is 4.15. The maximum atomic E-state index is 12.4. The Hall–Kier alpha value is -1.11. The number of amides is 1. The van der Waals surface area contributed by atoms with Crippen LogP contribution in [0.5, 0.6) is 0 Å². The highest BCUT2D eigenvalue weighted by molar-refractivity contribution is 5.86. The van der Waals surface area contributed by atoms with Crippen LogP contribution in [0, 0.1) is 0 Å². The molecular formula is C16H27Cl2N5O. The monoisotopic (exact) mass is 375 g/mol. The fourth-order valence-corrected chi connectivity index (χ4v) is 3.59. The first kappa shape index (κ1) is 20.9. The van der Waals surface area contributed by atoms with E-state index in [4.69, 9.17) is 5.73 Å². The predicted octanol–water partition coefficient (Wildman–Crippen LogP) is 2.07. The number of nitrogens with two attached hydrogens (primary N) is 1. The van der Waals surface area contributed by atoms with Crippen LogP contribution in [0.4, 0.5) is 5.82 Å². The lowest BCUT2D eigenvalue weighted by Crippen LogP contribution is -2.56. The molecule has 1 aliphatic heterocycles. The topological polar surface area (TPSA) is 84.1 Å². The van der Waals surface area contributed by atoms with Gasteiger partial charge in [0.15, 0.2) is 5.82 Å². The second-order valence-corrected chi connectivity index (χ2v) is 6.50. The van der Waals surface area contributed by atoms with Gasteiger partial charge in [0.05, 0.1) is 5.54 Å². The molecule has 0 bridgehead atoms. The Morgan fingerprint density at radius 2 is 2.04 bits per heavy atom. The van der Waals surface area contributed by atoms with Crippen LogP contribution < -0.4 is 16.0 Å². The summed E-state index contributed by atoms with van der Waals surface area (Å²) >= 11 is 0. The molecule has 3 N–H and O–H groups in total. The van der Waals surface area contributed by atoms with Crippen molar-refractivity contribution in [2.45, 2.75) is 56.5 Å². The summed E-state index contributed by atoms with van der Waals surface area (Å²) in [5.41, 5.74) is 5.63. The van der Waals surface area contributed by atoms with Crippen molar-refractivity contribution in [3.8, 4) is 0 Å². The highest BCUT2D eigenvalue weighted by atomic mass is 35.5. The van der Waals surface area contributed by atoms with Crippen molar-refractivity contribution in [3.63, 3.8) is 0 Å². The summed E-state index contributed by atoms with van der Waals surface area (Å²) in [5, 5.41) is 11.2. The third kappa shape index (κ3) is 4.71. The molecule has 1 aliphatic carbocycles. The molecule has 1 aromatic rings. The molecule has 2 heterocycles. The zero-order valence-corrected chi connectivity index (χ0v) is 15.5. The van der Waals surface area contributed by atoms with Crippen LogP contribution in [0.3, 0.4) is 0 Å². The van der Waals surface area contributed by atoms with Crippen molar-refractivity contribution in [2.75, 3.05) is 18.0 Å². The van der Waals surface area contributed by atoms with E-state index in [0.717, 1.165) is 50.9 Å². The standard InChI is InChI=1S/C16H25N5O.2ClH/c17-16(8-2-1-3-9-16)15(22)18-12-13-6-5-11-21(13)14-7-4-10-19-20-14;;/h4,7,10,13H,1-3,5-6,8-9,11-12,17H2,(H,18,22);2*1H. The van der Waals surface area contributed by atoms with Gasteiger partial charge in [-0.2, -0.15) is 5.10 Å². The number of carbonyl (C=O) groups is 1. The smallest absolute Gasteiger partial charge is 0.240 e. The van der Waals surface area contributed by atoms with E-state index in [1.165, 1.54) is 6.42 Å². The van der Waals surface area contributed by atoms with Gasteiger partial charge in [-0.3, -0.25) is 4.79 Å². The Morgan fingerprint density at radius 1 is 1.29 bits per heavy atom. The lowest BCUT2D eigenvalue weighted by atomic mass is 9.82. The van der Waals surface area contributed by atoms with Crippen LogP contribution in [0.2, 0.25) is 0 Å². The first-order valence-corrected chi connectivity index (χ1v) is 8.31. The predicted molar refractivity (Wildman–Crippen MR) is 99.9 cm³/mol. The highest BCUT2D eigenvalue weighted by Gasteiger charge is 2.36. The van der Waals surface area contributed by atoms with Gasteiger partial charge in [-0.1, -0.05) is 19.3 Å². The molecule has 0 spiro atoms. The Bertz CT molecular complexity index is 510. The van der Waals surface area contributed by atoms with Gasteiger partial charge in [-0.25, -0.2) is 0 Å². The average molecular weight is 376 g/mol. The van der Waals surface area contributed by atoms with Crippen molar-refractivity contribution >= 4 is 36.5 Å². The molecule has 136 valence electrons. The number of anilines is 1. The third-order valence-electron chi connectivity index (χ3n) is 4.93. The molecule has 1 unspecified atom stereocenters. The molecule has 2 fully saturated rings. The first-order valence-electron chi connectivity index (χ1n) is 8.31. The summed E-state index contributed by atoms with van der Waals surface area (Å²) in [4.78, 5) is 14.7. The number of carbonyl (C=O) groups excluding carboxylic acids is 1. The molecule has 2 aliphatic rings. The minimum atomic E-state index is -0.658. The summed E-state index contributed by atoms with van der Waals surface area (Å²) in [6.07, 6.45) is 8.76. The zero-order valence-electron chi connectivity index (χ0n) is 13.8. The van der Waals surface area contributed by atoms with Gasteiger partial charge in [0.2, 0.25) is 5.91 Å². The van der Waals surface area contributed by atoms with Crippen molar-refractivity contribution in [1.29, 1.82) is 0 Å². The van der Waals surface area contributed by atoms with Crippen molar-refractivity contribution < 1.29 is 4.79 Å². The van der Waals surface area contributed by atoms with E-state index in [2.05, 4.69) is 20.4 Å². The summed E-state index contributed by atoms with van der Waals surface area (Å²) in [7, 11) is 0. The number of nitrogens with one attached hydrogen (secondary N) is 1. The lowest BCUT2D eigenvalue weighted by Gasteiger charge is -2.33. The van der Waals surface area contributed by atoms with Crippen LogP contribution >= 0.6 is 24.8 Å². The van der Waals surface area contributed by atoms with Gasteiger partial charge in [-0.05, 0) is 37.8 Å². The Balaban J connectivity index is 0.00000144. The van der Waals surface area contributed by atoms with E-state index in [1.807, 2.05) is 12.1 Å². The van der Waals surface area contributed by atoms with E-state index < -0.39 is 5.54 Å². The third-order valence-corrected chi connectivity index (χ3v) is 4.93. The van der Waals surface area contributed by atoms with Gasteiger partial charge in [0.1, 0.15) is 0 Å². The van der Waals surface area contributed by atoms with Gasteiger partial charge < -0.3 is 16.0 Å². The molecule has 8 heteroatoms. The molecule has 1 aromatic heterocycles. The Labute approximate surface area is 155 Å². The minimum Gasteiger partial charge on any atom is -0.352 e. The largest absolute Gasteiger partial charge is 0.352 e. The van der Waals surface area contributed by atoms with Crippen LogP contribution in [0.15, 0.2) is 18.3 Å². The van der Waals surface area contributed by atoms with Crippen LogP contribution in [-0.2, 0) is 4.79 Å². The molecule has 1 saturated carbocycles. The summed E-state index contributed by atoms with van der Waals surface area (Å²) < 4.78 is 0. The maximum absolute atomic E-state index is 12.4. The molecular weight excluding hydrogens is 349 g/mol. The van der Waals surface area contributed by atoms with Gasteiger partial charge in [-0.15, -0.1) is 29.9 Å². The quantitative estimate of drug-likeness (QED) is 0.841. The van der Waals surface area contributed by atoms with Crippen molar-refractivity contribution in [3.05, 3.63) is 18.3 Å². The van der Waals surface area contributed by atoms with Crippen molar-refractivity contribution in [1.82, 2.24) is 15.5 Å². The summed E-state index contributed by atoms with van der Waals surface area (Å²) in [6.45, 7) is 1.60. The molecule has 1 amide bonds. The number of hydrogen-bond acceptors (Lipinski definition) is 5. The van der Waals surface area contributed by atoms with E-state index >= 15 is 0 Å². The lowest BCUT2D eigenvalue weighted by molar-refractivity contribution is -0.127. The Kier molecular flexibility index (Phi) is 8.19. The number of rotatable bonds is 4. The fraction of sp³-hybridized carbons (Fsp3) is 0.688. The molecule has 3 rings (SSSR count). The molecule has 24 heavy (non-hydrogen) atoms. The first-order chi connectivity index (χ1) is 10.7. The fourth-order valence-electron chi connectivity index (χ4n) is 3.59. The zero-order chi connectivity index (χ0) is 15.4. The normalized spacial score (nSPS) is 22.2. The van der Waals surface area contributed by atoms with Gasteiger partial charge in [0.25, 0.3) is 0 Å². The number of halogens is 2. The number of hydrogen-bond donors (Lipinski definition) is 2. The molecule has 1 atom stereocenters. The number of nitrogens with zero attached hydrogens (tertiary/aromatic N) is 3. The van der Waals surface area contributed by atoms with E-state index in [1.54, 1.807) is 6.20 Å². The molecule has 6 nitrogen and oxygen atoms in total. The second kappa shape index (κ2) is 9.39. The summed E-state index contributed by atoms with van der Waals surface area (Å²) in [5.74, 6) is 0.901. The van der Waals surface area contributed by atoms with Crippen LogP contribution in [0.1, 0.15) is 44.9 Å². The SMILES string of the molecule is Cl.Cl.NC1(C(=O)NCC2CCCN2c2cccnn2)CCCCC1. The highest BCUT2D eigenvalue weighted by Crippen LogP contribution is 2.26. The molecule has 0 radical (unpaired) electrons. The van der Waals surface area contributed by atoms with E-state index in [0.29, 0.717) is 6.54 Å². The molecule has 0 aromatic carbocycles. The number of aromatic nitrogens is 2. The minimum absolute atomic E-state index is 0.